The van der Waals surface area contributed by atoms with Gasteiger partial charge in [-0.3, -0.25) is 4.79 Å². The van der Waals surface area contributed by atoms with Crippen LogP contribution in [0.3, 0.4) is 0 Å². The second-order valence-electron chi connectivity index (χ2n) is 7.09. The number of nitriles is 1. The summed E-state index contributed by atoms with van der Waals surface area (Å²) in [5.74, 6) is 0.0874. The molecule has 4 rings (SSSR count). The van der Waals surface area contributed by atoms with Gasteiger partial charge in [0.2, 0.25) is 5.78 Å². The molecule has 2 nitrogen and oxygen atoms in total. The molecule has 0 fully saturated rings. The number of nitrogens with zero attached hydrogens (tertiary/aromatic N) is 1. The van der Waals surface area contributed by atoms with E-state index in [0.29, 0.717) is 17.3 Å². The van der Waals surface area contributed by atoms with Gasteiger partial charge in [-0.05, 0) is 60.7 Å². The third-order valence-corrected chi connectivity index (χ3v) is 9.61. The normalized spacial score (nSPS) is 10.9. The van der Waals surface area contributed by atoms with Gasteiger partial charge >= 0.3 is 0 Å². The number of Topliss-reactive ketones (excluding diaryl/α,β-unsaturated/α-hetero) is 1. The molecule has 4 aromatic rings. The van der Waals surface area contributed by atoms with Crippen LogP contribution in [0.15, 0.2) is 115 Å². The summed E-state index contributed by atoms with van der Waals surface area (Å²) in [6, 6.07) is 40.2. The van der Waals surface area contributed by atoms with Crippen LogP contribution in [-0.2, 0) is 0 Å². The smallest absolute Gasteiger partial charge is 0.201 e. The number of hydrogen-bond donors (Lipinski definition) is 0. The average molecular weight is 406 g/mol. The minimum absolute atomic E-state index is 0.0874. The molecular formula is C27H21NOP+. The molecule has 0 bridgehead atoms. The fourth-order valence-corrected chi connectivity index (χ4v) is 7.90. The molecule has 0 heterocycles. The lowest BCUT2D eigenvalue weighted by Crippen LogP contribution is -2.35. The molecular weight excluding hydrogens is 385 g/mol. The quantitative estimate of drug-likeness (QED) is 0.343. The van der Waals surface area contributed by atoms with Crippen molar-refractivity contribution in [2.45, 2.75) is 0 Å². The van der Waals surface area contributed by atoms with Crippen LogP contribution in [0.25, 0.3) is 0 Å². The highest BCUT2D eigenvalue weighted by molar-refractivity contribution is 7.96. The van der Waals surface area contributed by atoms with Crippen LogP contribution < -0.4 is 15.9 Å². The molecule has 0 unspecified atom stereocenters. The number of carbonyl (C=O) groups excluding carboxylic acids is 1. The Morgan fingerprint density at radius 1 is 0.633 bits per heavy atom. The van der Waals surface area contributed by atoms with E-state index in [-0.39, 0.29) is 5.78 Å². The molecule has 0 spiro atoms. The average Bonchev–Trinajstić information content (AvgIpc) is 2.84. The summed E-state index contributed by atoms with van der Waals surface area (Å²) >= 11 is 0. The maximum absolute atomic E-state index is 13.5. The third-order valence-electron chi connectivity index (χ3n) is 5.31. The topological polar surface area (TPSA) is 40.9 Å². The van der Waals surface area contributed by atoms with E-state index in [0.717, 1.165) is 0 Å². The maximum Gasteiger partial charge on any atom is 0.201 e. The van der Waals surface area contributed by atoms with Crippen LogP contribution >= 0.6 is 7.26 Å². The molecule has 3 heteroatoms. The van der Waals surface area contributed by atoms with E-state index in [1.807, 2.05) is 54.6 Å². The van der Waals surface area contributed by atoms with Crippen molar-refractivity contribution in [2.24, 2.45) is 0 Å². The van der Waals surface area contributed by atoms with Crippen molar-refractivity contribution in [3.05, 3.63) is 126 Å². The number of ketones is 1. The highest BCUT2D eigenvalue weighted by atomic mass is 31.2. The maximum atomic E-state index is 13.5. The number of benzene rings is 4. The predicted molar refractivity (Wildman–Crippen MR) is 126 cm³/mol. The summed E-state index contributed by atoms with van der Waals surface area (Å²) in [5, 5.41) is 12.6. The molecule has 0 atom stereocenters. The lowest BCUT2D eigenvalue weighted by molar-refractivity contribution is 0.102. The fraction of sp³-hybridized carbons (Fsp3) is 0.0370. The molecule has 144 valence electrons. The molecule has 0 saturated carbocycles. The first-order chi connectivity index (χ1) is 14.7. The van der Waals surface area contributed by atoms with Gasteiger partial charge in [-0.2, -0.15) is 5.26 Å². The van der Waals surface area contributed by atoms with E-state index in [2.05, 4.69) is 42.5 Å². The number of carbonyl (C=O) groups is 1. The molecule has 0 radical (unpaired) electrons. The third kappa shape index (κ3) is 3.81. The van der Waals surface area contributed by atoms with Gasteiger partial charge in [0.25, 0.3) is 0 Å². The van der Waals surface area contributed by atoms with Gasteiger partial charge < -0.3 is 0 Å². The zero-order valence-electron chi connectivity index (χ0n) is 16.5. The van der Waals surface area contributed by atoms with Gasteiger partial charge in [0.15, 0.2) is 0 Å². The standard InChI is InChI=1S/C27H21NOP/c28-20-22-16-18-23(19-17-22)27(29)21-30(24-10-4-1-5-11-24,25-12-6-2-7-13-25)26-14-8-3-9-15-26/h1-19H,21H2/q+1. The Morgan fingerprint density at radius 2 is 1.03 bits per heavy atom. The van der Waals surface area contributed by atoms with Crippen LogP contribution in [0.2, 0.25) is 0 Å². The molecule has 0 aromatic heterocycles. The Labute approximate surface area is 177 Å². The zero-order chi connectivity index (χ0) is 20.8. The van der Waals surface area contributed by atoms with Crippen molar-refractivity contribution in [2.75, 3.05) is 6.16 Å². The molecule has 0 aliphatic rings. The Kier molecular flexibility index (Phi) is 5.84. The van der Waals surface area contributed by atoms with Crippen molar-refractivity contribution in [1.82, 2.24) is 0 Å². The number of hydrogen-bond acceptors (Lipinski definition) is 2. The van der Waals surface area contributed by atoms with Gasteiger partial charge in [-0.1, -0.05) is 54.6 Å². The molecule has 0 amide bonds. The van der Waals surface area contributed by atoms with E-state index in [9.17, 15) is 4.79 Å². The van der Waals surface area contributed by atoms with Gasteiger partial charge in [0.05, 0.1) is 11.6 Å². The van der Waals surface area contributed by atoms with Crippen LogP contribution in [-0.4, -0.2) is 11.9 Å². The second kappa shape index (κ2) is 8.87. The Morgan fingerprint density at radius 3 is 1.40 bits per heavy atom. The van der Waals surface area contributed by atoms with E-state index >= 15 is 0 Å². The SMILES string of the molecule is N#Cc1ccc(C(=O)C[P+](c2ccccc2)(c2ccccc2)c2ccccc2)cc1. The van der Waals surface area contributed by atoms with E-state index in [4.69, 9.17) is 5.26 Å². The van der Waals surface area contributed by atoms with Gasteiger partial charge in [0.1, 0.15) is 29.3 Å². The first-order valence-corrected chi connectivity index (χ1v) is 11.8. The summed E-state index contributed by atoms with van der Waals surface area (Å²) in [6.45, 7) is 0. The summed E-state index contributed by atoms with van der Waals surface area (Å²) in [5.41, 5.74) is 1.20. The predicted octanol–water partition coefficient (Wildman–Crippen LogP) is 4.74. The van der Waals surface area contributed by atoms with E-state index in [1.165, 1.54) is 15.9 Å². The summed E-state index contributed by atoms with van der Waals surface area (Å²) in [4.78, 5) is 13.5. The monoisotopic (exact) mass is 406 g/mol. The molecule has 0 N–H and O–H groups in total. The Hall–Kier alpha value is -3.53. The molecule has 4 aromatic carbocycles. The molecule has 0 aliphatic heterocycles. The molecule has 0 aliphatic carbocycles. The van der Waals surface area contributed by atoms with Crippen molar-refractivity contribution in [1.29, 1.82) is 5.26 Å². The first kappa shape index (κ1) is 19.8. The summed E-state index contributed by atoms with van der Waals surface area (Å²) < 4.78 is 0. The largest absolute Gasteiger partial charge is 0.290 e. The lowest BCUT2D eigenvalue weighted by Gasteiger charge is -2.27. The minimum atomic E-state index is -2.21. The van der Waals surface area contributed by atoms with Crippen molar-refractivity contribution < 1.29 is 4.79 Å². The van der Waals surface area contributed by atoms with Gasteiger partial charge in [0, 0.05) is 5.56 Å². The van der Waals surface area contributed by atoms with Gasteiger partial charge in [-0.25, -0.2) is 0 Å². The van der Waals surface area contributed by atoms with Crippen molar-refractivity contribution in [3.8, 4) is 6.07 Å². The van der Waals surface area contributed by atoms with Crippen LogP contribution in [0.4, 0.5) is 0 Å². The van der Waals surface area contributed by atoms with Crippen LogP contribution in [0.5, 0.6) is 0 Å². The Bertz CT molecular complexity index is 1070. The lowest BCUT2D eigenvalue weighted by atomic mass is 10.1. The van der Waals surface area contributed by atoms with Crippen molar-refractivity contribution in [3.63, 3.8) is 0 Å². The van der Waals surface area contributed by atoms with Gasteiger partial charge in [-0.15, -0.1) is 0 Å². The zero-order valence-corrected chi connectivity index (χ0v) is 17.4. The van der Waals surface area contributed by atoms with E-state index < -0.39 is 7.26 Å². The summed E-state index contributed by atoms with van der Waals surface area (Å²) in [7, 11) is -2.21. The number of rotatable bonds is 6. The molecule has 0 saturated heterocycles. The van der Waals surface area contributed by atoms with Crippen LogP contribution in [0.1, 0.15) is 15.9 Å². The van der Waals surface area contributed by atoms with E-state index in [1.54, 1.807) is 24.3 Å². The highest BCUT2D eigenvalue weighted by Gasteiger charge is 2.47. The molecule has 30 heavy (non-hydrogen) atoms. The highest BCUT2D eigenvalue weighted by Crippen LogP contribution is 2.55. The van der Waals surface area contributed by atoms with Crippen molar-refractivity contribution >= 4 is 29.0 Å². The fourth-order valence-electron chi connectivity index (χ4n) is 3.81. The van der Waals surface area contributed by atoms with Crippen LogP contribution in [0, 0.1) is 11.3 Å². The first-order valence-electron chi connectivity index (χ1n) is 9.82. The Balaban J connectivity index is 1.90. The summed E-state index contributed by atoms with van der Waals surface area (Å²) in [6.07, 6.45) is 0.400. The minimum Gasteiger partial charge on any atom is -0.290 e. The second-order valence-corrected chi connectivity index (χ2v) is 10.6.